The number of halogens is 2. The molecule has 0 amide bonds. The van der Waals surface area contributed by atoms with Gasteiger partial charge >= 0.3 is 0 Å². The lowest BCUT2D eigenvalue weighted by atomic mass is 9.94. The highest BCUT2D eigenvalue weighted by atomic mass is 19.3. The van der Waals surface area contributed by atoms with Crippen LogP contribution in [0.5, 0.6) is 11.6 Å². The van der Waals surface area contributed by atoms with Gasteiger partial charge in [-0.15, -0.1) is 5.10 Å². The van der Waals surface area contributed by atoms with Crippen molar-refractivity contribution in [1.82, 2.24) is 15.1 Å². The van der Waals surface area contributed by atoms with E-state index in [1.807, 2.05) is 42.3 Å². The summed E-state index contributed by atoms with van der Waals surface area (Å²) >= 11 is 0. The topological polar surface area (TPSA) is 47.5 Å². The van der Waals surface area contributed by atoms with Crippen LogP contribution in [0.15, 0.2) is 30.3 Å². The highest BCUT2D eigenvalue weighted by Crippen LogP contribution is 2.32. The molecular formula is C27H37F2N3O2. The van der Waals surface area contributed by atoms with Crippen LogP contribution < -0.4 is 9.47 Å². The van der Waals surface area contributed by atoms with Gasteiger partial charge in [-0.2, -0.15) is 5.10 Å². The molecular weight excluding hydrogens is 436 g/mol. The Morgan fingerprint density at radius 3 is 2.50 bits per heavy atom. The van der Waals surface area contributed by atoms with Crippen LogP contribution in [-0.4, -0.2) is 53.9 Å². The summed E-state index contributed by atoms with van der Waals surface area (Å²) in [6.45, 7) is 3.25. The van der Waals surface area contributed by atoms with Gasteiger partial charge < -0.3 is 14.4 Å². The predicted octanol–water partition coefficient (Wildman–Crippen LogP) is 6.16. The molecule has 0 bridgehead atoms. The van der Waals surface area contributed by atoms with Crippen LogP contribution in [0.2, 0.25) is 0 Å². The number of hydrogen-bond acceptors (Lipinski definition) is 5. The molecule has 2 aliphatic rings. The molecule has 1 aromatic heterocycles. The first kappa shape index (κ1) is 24.8. The van der Waals surface area contributed by atoms with E-state index in [-0.39, 0.29) is 0 Å². The summed E-state index contributed by atoms with van der Waals surface area (Å²) in [5, 5.41) is 8.72. The second kappa shape index (κ2) is 11.9. The highest BCUT2D eigenvalue weighted by molar-refractivity contribution is 5.67. The Hall–Kier alpha value is -2.28. The summed E-state index contributed by atoms with van der Waals surface area (Å²) in [5.74, 6) is 0.399. The molecule has 7 heteroatoms. The van der Waals surface area contributed by atoms with Gasteiger partial charge in [0, 0.05) is 18.2 Å². The number of rotatable bonds is 9. The van der Waals surface area contributed by atoms with Crippen molar-refractivity contribution in [3.8, 4) is 22.8 Å². The molecule has 2 aromatic rings. The normalized spacial score (nSPS) is 22.1. The molecule has 0 N–H and O–H groups in total. The molecule has 2 atom stereocenters. The van der Waals surface area contributed by atoms with Crippen LogP contribution in [0.1, 0.15) is 64.0 Å². The second-order valence-corrected chi connectivity index (χ2v) is 9.75. The Kier molecular flexibility index (Phi) is 8.70. The van der Waals surface area contributed by atoms with E-state index in [0.717, 1.165) is 54.7 Å². The van der Waals surface area contributed by atoms with E-state index in [4.69, 9.17) is 9.47 Å². The Bertz CT molecular complexity index is 903. The first-order valence-corrected chi connectivity index (χ1v) is 12.8. The van der Waals surface area contributed by atoms with Crippen LogP contribution in [0, 0.1) is 5.92 Å². The van der Waals surface area contributed by atoms with Gasteiger partial charge in [-0.1, -0.05) is 31.9 Å². The number of piperidine rings is 1. The van der Waals surface area contributed by atoms with Gasteiger partial charge in [0.15, 0.2) is 0 Å². The van der Waals surface area contributed by atoms with E-state index in [0.29, 0.717) is 31.5 Å². The lowest BCUT2D eigenvalue weighted by Gasteiger charge is -2.35. The molecule has 4 rings (SSSR count). The third-order valence-electron chi connectivity index (χ3n) is 7.04. The lowest BCUT2D eigenvalue weighted by molar-refractivity contribution is -0.0383. The molecule has 0 spiro atoms. The number of benzene rings is 1. The molecule has 0 radical (unpaired) electrons. The molecule has 2 fully saturated rings. The molecule has 186 valence electrons. The number of nitrogens with zero attached hydrogens (tertiary/aromatic N) is 3. The number of alkyl halides is 2. The molecule has 2 heterocycles. The maximum absolute atomic E-state index is 13.6. The van der Waals surface area contributed by atoms with Crippen molar-refractivity contribution in [3.63, 3.8) is 0 Å². The molecule has 1 saturated carbocycles. The average Bonchev–Trinajstić information content (AvgIpc) is 2.84. The Morgan fingerprint density at radius 2 is 1.79 bits per heavy atom. The van der Waals surface area contributed by atoms with Crippen LogP contribution >= 0.6 is 0 Å². The fourth-order valence-electron chi connectivity index (χ4n) is 4.98. The largest absolute Gasteiger partial charge is 0.490 e. The van der Waals surface area contributed by atoms with Gasteiger partial charge in [0.05, 0.1) is 17.7 Å². The number of ether oxygens (including phenoxy) is 2. The van der Waals surface area contributed by atoms with Crippen molar-refractivity contribution < 1.29 is 18.3 Å². The molecule has 0 unspecified atom stereocenters. The van der Waals surface area contributed by atoms with Gasteiger partial charge in [-0.05, 0) is 76.2 Å². The zero-order valence-corrected chi connectivity index (χ0v) is 20.4. The van der Waals surface area contributed by atoms with Crippen molar-refractivity contribution >= 4 is 0 Å². The van der Waals surface area contributed by atoms with Crippen molar-refractivity contribution in [2.45, 2.75) is 83.3 Å². The van der Waals surface area contributed by atoms with Crippen LogP contribution in [0.4, 0.5) is 8.78 Å². The number of unbranched alkanes of at least 4 members (excludes halogenated alkanes) is 1. The smallest absolute Gasteiger partial charge is 0.245 e. The molecule has 5 nitrogen and oxygen atoms in total. The van der Waals surface area contributed by atoms with E-state index >= 15 is 0 Å². The van der Waals surface area contributed by atoms with E-state index in [2.05, 4.69) is 17.1 Å². The zero-order valence-electron chi connectivity index (χ0n) is 20.4. The number of aryl methyl sites for hydroxylation is 1. The van der Waals surface area contributed by atoms with E-state index in [1.165, 1.54) is 19.3 Å². The zero-order chi connectivity index (χ0) is 23.9. The number of likely N-dealkylation sites (tertiary alicyclic amines) is 1. The van der Waals surface area contributed by atoms with E-state index in [9.17, 15) is 8.78 Å². The summed E-state index contributed by atoms with van der Waals surface area (Å²) in [7, 11) is 1.93. The van der Waals surface area contributed by atoms with Crippen LogP contribution in [0.25, 0.3) is 11.1 Å². The third-order valence-corrected chi connectivity index (χ3v) is 7.04. The molecule has 34 heavy (non-hydrogen) atoms. The maximum Gasteiger partial charge on any atom is 0.245 e. The molecule has 1 aliphatic heterocycles. The number of hydrogen-bond donors (Lipinski definition) is 0. The van der Waals surface area contributed by atoms with Crippen LogP contribution in [-0.2, 0) is 6.42 Å². The Labute approximate surface area is 201 Å². The summed E-state index contributed by atoms with van der Waals surface area (Å²) in [6.07, 6.45) is 6.58. The SMILES string of the molecule is CCCCc1nnc(O[C@H]2CN(C)CC[C@@H]2C(F)F)cc1-c1ccc(OC2CCCCC2)cc1. The van der Waals surface area contributed by atoms with Gasteiger partial charge in [0.25, 0.3) is 0 Å². The highest BCUT2D eigenvalue weighted by Gasteiger charge is 2.36. The van der Waals surface area contributed by atoms with Gasteiger partial charge in [0.1, 0.15) is 11.9 Å². The second-order valence-electron chi connectivity index (χ2n) is 9.75. The molecule has 1 saturated heterocycles. The lowest BCUT2D eigenvalue weighted by Crippen LogP contribution is -2.47. The summed E-state index contributed by atoms with van der Waals surface area (Å²) < 4.78 is 39.4. The Balaban J connectivity index is 1.54. The summed E-state index contributed by atoms with van der Waals surface area (Å²) in [4.78, 5) is 2.03. The fraction of sp³-hybridized carbons (Fsp3) is 0.630. The predicted molar refractivity (Wildman–Crippen MR) is 130 cm³/mol. The first-order valence-electron chi connectivity index (χ1n) is 12.8. The minimum absolute atomic E-state index is 0.304. The van der Waals surface area contributed by atoms with Crippen molar-refractivity contribution in [2.75, 3.05) is 20.1 Å². The summed E-state index contributed by atoms with van der Waals surface area (Å²) in [6, 6.07) is 9.98. The fourth-order valence-corrected chi connectivity index (χ4v) is 4.98. The van der Waals surface area contributed by atoms with E-state index < -0.39 is 18.4 Å². The number of likely N-dealkylation sites (N-methyl/N-ethyl adjacent to an activating group) is 1. The summed E-state index contributed by atoms with van der Waals surface area (Å²) in [5.41, 5.74) is 2.86. The minimum atomic E-state index is -2.41. The Morgan fingerprint density at radius 1 is 1.03 bits per heavy atom. The maximum atomic E-state index is 13.6. The standard InChI is InChI=1S/C27H37F2N3O2/c1-3-4-10-24-23(19-11-13-21(14-12-19)33-20-8-6-5-7-9-20)17-26(31-30-24)34-25-18-32(2)16-15-22(25)27(28)29/h11-14,17,20,22,25,27H,3-10,15-16,18H2,1-2H3/t22-,25-/m0/s1. The first-order chi connectivity index (χ1) is 16.5. The number of aromatic nitrogens is 2. The van der Waals surface area contributed by atoms with Crippen molar-refractivity contribution in [3.05, 3.63) is 36.0 Å². The molecule has 1 aromatic carbocycles. The van der Waals surface area contributed by atoms with Gasteiger partial charge in [-0.25, -0.2) is 8.78 Å². The van der Waals surface area contributed by atoms with Crippen molar-refractivity contribution in [2.24, 2.45) is 5.92 Å². The van der Waals surface area contributed by atoms with Gasteiger partial charge in [-0.3, -0.25) is 0 Å². The minimum Gasteiger partial charge on any atom is -0.490 e. The average molecular weight is 474 g/mol. The molecule has 1 aliphatic carbocycles. The monoisotopic (exact) mass is 473 g/mol. The van der Waals surface area contributed by atoms with E-state index in [1.54, 1.807) is 0 Å². The van der Waals surface area contributed by atoms with Crippen LogP contribution in [0.3, 0.4) is 0 Å². The van der Waals surface area contributed by atoms with Crippen molar-refractivity contribution in [1.29, 1.82) is 0 Å². The van der Waals surface area contributed by atoms with Gasteiger partial charge in [0.2, 0.25) is 12.3 Å². The quantitative estimate of drug-likeness (QED) is 0.436. The third kappa shape index (κ3) is 6.44.